The Morgan fingerprint density at radius 1 is 1.28 bits per heavy atom. The van der Waals surface area contributed by atoms with E-state index in [1.807, 2.05) is 0 Å². The van der Waals surface area contributed by atoms with Gasteiger partial charge >= 0.3 is 0 Å². The topological polar surface area (TPSA) is 91.3 Å². The first kappa shape index (κ1) is 12.3. The second kappa shape index (κ2) is 5.01. The third kappa shape index (κ3) is 2.57. The number of ether oxygens (including phenoxy) is 1. The largest absolute Gasteiger partial charge is 0.438 e. The van der Waals surface area contributed by atoms with E-state index in [-0.39, 0.29) is 16.0 Å². The minimum Gasteiger partial charge on any atom is -0.438 e. The molecular formula is C11H8BrN3O3. The van der Waals surface area contributed by atoms with Crippen molar-refractivity contribution in [1.82, 2.24) is 4.98 Å². The highest BCUT2D eigenvalue weighted by atomic mass is 79.9. The monoisotopic (exact) mass is 309 g/mol. The SMILES string of the molecule is Nc1cccc(Oc2cccc([N+](=O)[O-])c2Br)n1. The number of nitrogens with two attached hydrogens (primary N) is 1. The maximum Gasteiger partial charge on any atom is 0.287 e. The minimum absolute atomic E-state index is 0.0728. The Bertz CT molecular complexity index is 604. The molecule has 0 atom stereocenters. The molecule has 0 fully saturated rings. The van der Waals surface area contributed by atoms with Gasteiger partial charge < -0.3 is 10.5 Å². The molecule has 6 nitrogen and oxygen atoms in total. The number of pyridine rings is 1. The number of nitrogens with zero attached hydrogens (tertiary/aromatic N) is 2. The summed E-state index contributed by atoms with van der Waals surface area (Å²) in [6.45, 7) is 0. The second-order valence-electron chi connectivity index (χ2n) is 3.35. The van der Waals surface area contributed by atoms with Crippen LogP contribution in [0.5, 0.6) is 11.6 Å². The Morgan fingerprint density at radius 2 is 2.00 bits per heavy atom. The van der Waals surface area contributed by atoms with Gasteiger partial charge in [-0.1, -0.05) is 12.1 Å². The summed E-state index contributed by atoms with van der Waals surface area (Å²) < 4.78 is 5.70. The molecule has 1 heterocycles. The van der Waals surface area contributed by atoms with E-state index in [1.165, 1.54) is 12.1 Å². The van der Waals surface area contributed by atoms with Gasteiger partial charge in [-0.2, -0.15) is 4.98 Å². The normalized spacial score (nSPS) is 10.1. The van der Waals surface area contributed by atoms with Crippen molar-refractivity contribution in [1.29, 1.82) is 0 Å². The number of nitrogen functional groups attached to an aromatic ring is 1. The summed E-state index contributed by atoms with van der Waals surface area (Å²) in [6.07, 6.45) is 0. The van der Waals surface area contributed by atoms with Crippen LogP contribution in [0.2, 0.25) is 0 Å². The van der Waals surface area contributed by atoms with Crippen molar-refractivity contribution in [2.24, 2.45) is 0 Å². The van der Waals surface area contributed by atoms with Crippen molar-refractivity contribution in [3.05, 3.63) is 51.0 Å². The molecule has 0 saturated carbocycles. The zero-order valence-electron chi connectivity index (χ0n) is 9.04. The van der Waals surface area contributed by atoms with Crippen molar-refractivity contribution >= 4 is 27.4 Å². The summed E-state index contributed by atoms with van der Waals surface area (Å²) in [5, 5.41) is 10.8. The first-order valence-electron chi connectivity index (χ1n) is 4.91. The summed E-state index contributed by atoms with van der Waals surface area (Å²) in [7, 11) is 0. The molecule has 7 heteroatoms. The number of nitro groups is 1. The molecule has 1 aromatic carbocycles. The van der Waals surface area contributed by atoms with Gasteiger partial charge in [0, 0.05) is 12.1 Å². The molecule has 0 saturated heterocycles. The second-order valence-corrected chi connectivity index (χ2v) is 4.14. The van der Waals surface area contributed by atoms with E-state index in [0.29, 0.717) is 11.6 Å². The van der Waals surface area contributed by atoms with Gasteiger partial charge in [0.1, 0.15) is 10.3 Å². The van der Waals surface area contributed by atoms with Crippen LogP contribution < -0.4 is 10.5 Å². The standard InChI is InChI=1S/C11H8BrN3O3/c12-11-7(15(16)17)3-1-4-8(11)18-10-6-2-5-9(13)14-10/h1-6H,(H2,13,14). The van der Waals surface area contributed by atoms with E-state index in [9.17, 15) is 10.1 Å². The van der Waals surface area contributed by atoms with E-state index >= 15 is 0 Å². The number of anilines is 1. The number of halogens is 1. The highest BCUT2D eigenvalue weighted by molar-refractivity contribution is 9.10. The lowest BCUT2D eigenvalue weighted by Gasteiger charge is -2.07. The molecule has 2 N–H and O–H groups in total. The summed E-state index contributed by atoms with van der Waals surface area (Å²) in [5.41, 5.74) is 5.44. The van der Waals surface area contributed by atoms with E-state index < -0.39 is 4.92 Å². The van der Waals surface area contributed by atoms with E-state index in [2.05, 4.69) is 20.9 Å². The molecular weight excluding hydrogens is 302 g/mol. The predicted octanol–water partition coefficient (Wildman–Crippen LogP) is 3.13. The Balaban J connectivity index is 2.35. The number of hydrogen-bond acceptors (Lipinski definition) is 5. The molecule has 2 rings (SSSR count). The smallest absolute Gasteiger partial charge is 0.287 e. The highest BCUT2D eigenvalue weighted by Gasteiger charge is 2.16. The van der Waals surface area contributed by atoms with Crippen LogP contribution in [0.25, 0.3) is 0 Å². The summed E-state index contributed by atoms with van der Waals surface area (Å²) >= 11 is 3.13. The van der Waals surface area contributed by atoms with E-state index in [0.717, 1.165) is 0 Å². The average molecular weight is 310 g/mol. The maximum absolute atomic E-state index is 10.8. The molecule has 2 aromatic rings. The quantitative estimate of drug-likeness (QED) is 0.694. The molecule has 0 unspecified atom stereocenters. The van der Waals surface area contributed by atoms with Crippen LogP contribution in [0.1, 0.15) is 0 Å². The Labute approximate surface area is 111 Å². The van der Waals surface area contributed by atoms with Gasteiger partial charge in [0.05, 0.1) is 4.92 Å². The number of hydrogen-bond donors (Lipinski definition) is 1. The fourth-order valence-electron chi connectivity index (χ4n) is 1.32. The Kier molecular flexibility index (Phi) is 3.42. The summed E-state index contributed by atoms with van der Waals surface area (Å²) in [6, 6.07) is 9.43. The molecule has 92 valence electrons. The van der Waals surface area contributed by atoms with E-state index in [1.54, 1.807) is 24.3 Å². The van der Waals surface area contributed by atoms with Crippen LogP contribution in [-0.2, 0) is 0 Å². The number of aromatic nitrogens is 1. The molecule has 18 heavy (non-hydrogen) atoms. The minimum atomic E-state index is -0.496. The maximum atomic E-state index is 10.8. The van der Waals surface area contributed by atoms with Crippen LogP contribution >= 0.6 is 15.9 Å². The third-order valence-electron chi connectivity index (χ3n) is 2.10. The Hall–Kier alpha value is -2.15. The molecule has 0 aliphatic carbocycles. The van der Waals surface area contributed by atoms with Gasteiger partial charge in [-0.3, -0.25) is 10.1 Å². The predicted molar refractivity (Wildman–Crippen MR) is 69.5 cm³/mol. The molecule has 0 aliphatic rings. The lowest BCUT2D eigenvalue weighted by molar-refractivity contribution is -0.385. The number of rotatable bonds is 3. The first-order valence-corrected chi connectivity index (χ1v) is 5.70. The van der Waals surface area contributed by atoms with E-state index in [4.69, 9.17) is 10.5 Å². The first-order chi connectivity index (χ1) is 8.58. The van der Waals surface area contributed by atoms with Gasteiger partial charge in [-0.15, -0.1) is 0 Å². The fraction of sp³-hybridized carbons (Fsp3) is 0. The van der Waals surface area contributed by atoms with Gasteiger partial charge in [0.25, 0.3) is 5.69 Å². The zero-order valence-corrected chi connectivity index (χ0v) is 10.6. The summed E-state index contributed by atoms with van der Waals surface area (Å²) in [5.74, 6) is 0.896. The van der Waals surface area contributed by atoms with Gasteiger partial charge in [0.2, 0.25) is 5.88 Å². The lowest BCUT2D eigenvalue weighted by Crippen LogP contribution is -1.95. The molecule has 0 spiro atoms. The lowest BCUT2D eigenvalue weighted by atomic mass is 10.3. The average Bonchev–Trinajstić information content (AvgIpc) is 2.31. The zero-order chi connectivity index (χ0) is 13.1. The molecule has 0 bridgehead atoms. The number of nitro benzene ring substituents is 1. The third-order valence-corrected chi connectivity index (χ3v) is 2.90. The van der Waals surface area contributed by atoms with Crippen molar-refractivity contribution in [2.75, 3.05) is 5.73 Å². The van der Waals surface area contributed by atoms with Crippen molar-refractivity contribution in [3.8, 4) is 11.6 Å². The van der Waals surface area contributed by atoms with Gasteiger partial charge in [0.15, 0.2) is 5.75 Å². The van der Waals surface area contributed by atoms with Crippen molar-refractivity contribution < 1.29 is 9.66 Å². The molecule has 0 radical (unpaired) electrons. The van der Waals surface area contributed by atoms with Crippen molar-refractivity contribution in [2.45, 2.75) is 0 Å². The van der Waals surface area contributed by atoms with Crippen LogP contribution in [0.15, 0.2) is 40.9 Å². The number of benzene rings is 1. The van der Waals surface area contributed by atoms with Crippen molar-refractivity contribution in [3.63, 3.8) is 0 Å². The van der Waals surface area contributed by atoms with Gasteiger partial charge in [-0.25, -0.2) is 0 Å². The fourth-order valence-corrected chi connectivity index (χ4v) is 1.81. The van der Waals surface area contributed by atoms with Gasteiger partial charge in [-0.05, 0) is 28.1 Å². The van der Waals surface area contributed by atoms with Crippen LogP contribution in [-0.4, -0.2) is 9.91 Å². The van der Waals surface area contributed by atoms with Crippen LogP contribution in [0.3, 0.4) is 0 Å². The molecule has 1 aromatic heterocycles. The molecule has 0 aliphatic heterocycles. The highest BCUT2D eigenvalue weighted by Crippen LogP contribution is 2.35. The van der Waals surface area contributed by atoms with Crippen LogP contribution in [0, 0.1) is 10.1 Å². The Morgan fingerprint density at radius 3 is 2.67 bits per heavy atom. The van der Waals surface area contributed by atoms with Crippen LogP contribution in [0.4, 0.5) is 11.5 Å². The molecule has 0 amide bonds. The summed E-state index contributed by atoms with van der Waals surface area (Å²) in [4.78, 5) is 14.2.